The predicted octanol–water partition coefficient (Wildman–Crippen LogP) is 3.23. The van der Waals surface area contributed by atoms with Crippen molar-refractivity contribution in [3.63, 3.8) is 0 Å². The van der Waals surface area contributed by atoms with Gasteiger partial charge in [-0.25, -0.2) is 0 Å². The molecule has 136 valence electrons. The van der Waals surface area contributed by atoms with Gasteiger partial charge in [0, 0.05) is 42.1 Å². The van der Waals surface area contributed by atoms with Crippen molar-refractivity contribution < 1.29 is 14.3 Å². The molecule has 2 aromatic rings. The number of ether oxygens (including phenoxy) is 1. The number of hydrogen-bond donors (Lipinski definition) is 1. The monoisotopic (exact) mass is 370 g/mol. The molecule has 1 aliphatic heterocycles. The van der Waals surface area contributed by atoms with Crippen LogP contribution in [-0.4, -0.2) is 31.2 Å². The highest BCUT2D eigenvalue weighted by atomic mass is 32.2. The topological polar surface area (TPSA) is 58.6 Å². The van der Waals surface area contributed by atoms with Crippen LogP contribution in [0.4, 0.5) is 5.69 Å². The van der Waals surface area contributed by atoms with Crippen LogP contribution in [0.2, 0.25) is 0 Å². The first-order valence-electron chi connectivity index (χ1n) is 8.60. The zero-order chi connectivity index (χ0) is 18.4. The molecule has 5 nitrogen and oxygen atoms in total. The second kappa shape index (κ2) is 8.76. The van der Waals surface area contributed by atoms with E-state index in [1.807, 2.05) is 48.5 Å². The zero-order valence-corrected chi connectivity index (χ0v) is 15.6. The van der Waals surface area contributed by atoms with Crippen LogP contribution in [0.5, 0.6) is 5.75 Å². The molecule has 0 bridgehead atoms. The minimum absolute atomic E-state index is 0.00908. The lowest BCUT2D eigenvalue weighted by molar-refractivity contribution is -0.125. The van der Waals surface area contributed by atoms with Gasteiger partial charge in [0.15, 0.2) is 0 Å². The molecular weight excluding hydrogens is 348 g/mol. The van der Waals surface area contributed by atoms with E-state index in [1.165, 1.54) is 0 Å². The number of hydrogen-bond acceptors (Lipinski definition) is 4. The molecule has 2 aromatic carbocycles. The maximum absolute atomic E-state index is 12.6. The molecule has 6 heteroatoms. The molecule has 0 aliphatic carbocycles. The number of thioether (sulfide) groups is 1. The average Bonchev–Trinajstić information content (AvgIpc) is 2.70. The Morgan fingerprint density at radius 1 is 1.12 bits per heavy atom. The highest BCUT2D eigenvalue weighted by Crippen LogP contribution is 2.34. The zero-order valence-electron chi connectivity index (χ0n) is 14.7. The first kappa shape index (κ1) is 18.3. The summed E-state index contributed by atoms with van der Waals surface area (Å²) in [5.74, 6) is 1.48. The Morgan fingerprint density at radius 3 is 2.73 bits per heavy atom. The Morgan fingerprint density at radius 2 is 1.88 bits per heavy atom. The molecule has 0 spiro atoms. The summed E-state index contributed by atoms with van der Waals surface area (Å²) in [5, 5.41) is 2.86. The van der Waals surface area contributed by atoms with Gasteiger partial charge in [0.2, 0.25) is 11.8 Å². The molecule has 0 radical (unpaired) electrons. The quantitative estimate of drug-likeness (QED) is 0.848. The number of para-hydroxylation sites is 2. The summed E-state index contributed by atoms with van der Waals surface area (Å²) in [6, 6.07) is 15.5. The molecule has 1 N–H and O–H groups in total. The van der Waals surface area contributed by atoms with Crippen LogP contribution < -0.4 is 15.0 Å². The number of carbonyl (C=O) groups excluding carboxylic acids is 2. The Bertz CT molecular complexity index is 794. The van der Waals surface area contributed by atoms with Crippen molar-refractivity contribution in [2.45, 2.75) is 24.3 Å². The highest BCUT2D eigenvalue weighted by Gasteiger charge is 2.22. The Hall–Kier alpha value is -2.47. The minimum atomic E-state index is -0.135. The number of anilines is 1. The van der Waals surface area contributed by atoms with Crippen LogP contribution in [-0.2, 0) is 16.1 Å². The fraction of sp³-hybridized carbons (Fsp3) is 0.300. The van der Waals surface area contributed by atoms with Gasteiger partial charge >= 0.3 is 0 Å². The van der Waals surface area contributed by atoms with Crippen molar-refractivity contribution in [1.82, 2.24) is 5.32 Å². The van der Waals surface area contributed by atoms with Crippen LogP contribution in [0.15, 0.2) is 53.4 Å². The smallest absolute Gasteiger partial charge is 0.227 e. The van der Waals surface area contributed by atoms with Crippen LogP contribution in [0.3, 0.4) is 0 Å². The van der Waals surface area contributed by atoms with E-state index in [1.54, 1.807) is 23.8 Å². The molecule has 0 unspecified atom stereocenters. The first-order valence-corrected chi connectivity index (χ1v) is 9.58. The van der Waals surface area contributed by atoms with Crippen LogP contribution in [0, 0.1) is 0 Å². The van der Waals surface area contributed by atoms with E-state index < -0.39 is 0 Å². The molecule has 1 aliphatic rings. The van der Waals surface area contributed by atoms with Crippen LogP contribution in [0.1, 0.15) is 18.4 Å². The fourth-order valence-electron chi connectivity index (χ4n) is 2.92. The number of benzene rings is 2. The maximum atomic E-state index is 12.6. The second-order valence-corrected chi connectivity index (χ2v) is 7.09. The van der Waals surface area contributed by atoms with Gasteiger partial charge in [-0.2, -0.15) is 0 Å². The number of fused-ring (bicyclic) bond motifs is 1. The maximum Gasteiger partial charge on any atom is 0.227 e. The first-order chi connectivity index (χ1) is 12.7. The summed E-state index contributed by atoms with van der Waals surface area (Å²) in [6.07, 6.45) is 0.385. The fourth-order valence-corrected chi connectivity index (χ4v) is 3.91. The van der Waals surface area contributed by atoms with Gasteiger partial charge in [-0.3, -0.25) is 9.59 Å². The van der Waals surface area contributed by atoms with Gasteiger partial charge in [-0.15, -0.1) is 11.8 Å². The largest absolute Gasteiger partial charge is 0.496 e. The standard InChI is InChI=1S/C20H22N2O3S/c1-25-17-8-4-2-6-15(17)14-21-19(23)10-11-20(24)22-12-13-26-18-9-5-3-7-16(18)22/h2-9H,10-14H2,1H3,(H,21,23). The summed E-state index contributed by atoms with van der Waals surface area (Å²) in [4.78, 5) is 27.6. The Balaban J connectivity index is 1.51. The SMILES string of the molecule is COc1ccccc1CNC(=O)CCC(=O)N1CCSc2ccccc21. The molecule has 2 amide bonds. The lowest BCUT2D eigenvalue weighted by atomic mass is 10.2. The molecule has 0 saturated carbocycles. The van der Waals surface area contributed by atoms with Crippen LogP contribution in [0.25, 0.3) is 0 Å². The van der Waals surface area contributed by atoms with Crippen molar-refractivity contribution in [3.05, 3.63) is 54.1 Å². The molecule has 1 heterocycles. The Labute approximate surface area is 157 Å². The van der Waals surface area contributed by atoms with E-state index >= 15 is 0 Å². The summed E-state index contributed by atoms with van der Waals surface area (Å²) in [6.45, 7) is 1.07. The van der Waals surface area contributed by atoms with E-state index in [9.17, 15) is 9.59 Å². The number of nitrogens with zero attached hydrogens (tertiary/aromatic N) is 1. The van der Waals surface area contributed by atoms with Crippen molar-refractivity contribution in [3.8, 4) is 5.75 Å². The number of amides is 2. The summed E-state index contributed by atoms with van der Waals surface area (Å²) < 4.78 is 5.27. The molecule has 0 fully saturated rings. The summed E-state index contributed by atoms with van der Waals surface area (Å²) in [5.41, 5.74) is 1.86. The molecule has 0 saturated heterocycles. The van der Waals surface area contributed by atoms with Crippen molar-refractivity contribution in [1.29, 1.82) is 0 Å². The second-order valence-electron chi connectivity index (χ2n) is 5.95. The van der Waals surface area contributed by atoms with Gasteiger partial charge in [0.25, 0.3) is 0 Å². The van der Waals surface area contributed by atoms with E-state index in [-0.39, 0.29) is 24.7 Å². The molecular formula is C20H22N2O3S. The predicted molar refractivity (Wildman–Crippen MR) is 104 cm³/mol. The third-order valence-corrected chi connectivity index (χ3v) is 5.31. The Kier molecular flexibility index (Phi) is 6.17. The van der Waals surface area contributed by atoms with Crippen molar-refractivity contribution in [2.75, 3.05) is 24.3 Å². The van der Waals surface area contributed by atoms with Crippen molar-refractivity contribution in [2.24, 2.45) is 0 Å². The third-order valence-electron chi connectivity index (χ3n) is 4.26. The third kappa shape index (κ3) is 4.38. The van der Waals surface area contributed by atoms with E-state index in [0.717, 1.165) is 27.6 Å². The molecule has 3 rings (SSSR count). The van der Waals surface area contributed by atoms with E-state index in [2.05, 4.69) is 5.32 Å². The minimum Gasteiger partial charge on any atom is -0.496 e. The van der Waals surface area contributed by atoms with E-state index in [0.29, 0.717) is 13.1 Å². The molecule has 0 aromatic heterocycles. The van der Waals surface area contributed by atoms with Crippen molar-refractivity contribution >= 4 is 29.3 Å². The number of rotatable bonds is 6. The van der Waals surface area contributed by atoms with Gasteiger partial charge in [-0.05, 0) is 18.2 Å². The highest BCUT2D eigenvalue weighted by molar-refractivity contribution is 7.99. The number of nitrogens with one attached hydrogen (secondary N) is 1. The normalized spacial score (nSPS) is 13.0. The summed E-state index contributed by atoms with van der Waals surface area (Å²) >= 11 is 1.76. The number of methoxy groups -OCH3 is 1. The van der Waals surface area contributed by atoms with Gasteiger partial charge < -0.3 is 15.0 Å². The molecule has 0 atom stereocenters. The molecule has 26 heavy (non-hydrogen) atoms. The lowest BCUT2D eigenvalue weighted by Gasteiger charge is -2.29. The summed E-state index contributed by atoms with van der Waals surface area (Å²) in [7, 11) is 1.61. The van der Waals surface area contributed by atoms with Gasteiger partial charge in [-0.1, -0.05) is 30.3 Å². The lowest BCUT2D eigenvalue weighted by Crippen LogP contribution is -2.36. The number of carbonyl (C=O) groups is 2. The average molecular weight is 370 g/mol. The van der Waals surface area contributed by atoms with Gasteiger partial charge in [0.1, 0.15) is 5.75 Å². The van der Waals surface area contributed by atoms with E-state index in [4.69, 9.17) is 4.74 Å². The van der Waals surface area contributed by atoms with Gasteiger partial charge in [0.05, 0.1) is 12.8 Å². The van der Waals surface area contributed by atoms with Crippen LogP contribution >= 0.6 is 11.8 Å².